The summed E-state index contributed by atoms with van der Waals surface area (Å²) in [7, 11) is 0. The van der Waals surface area contributed by atoms with Gasteiger partial charge in [-0.15, -0.1) is 11.3 Å². The van der Waals surface area contributed by atoms with Crippen molar-refractivity contribution in [3.05, 3.63) is 103 Å². The van der Waals surface area contributed by atoms with E-state index in [4.69, 9.17) is 4.42 Å². The molecule has 2 atom stereocenters. The Labute approximate surface area is 257 Å². The van der Waals surface area contributed by atoms with E-state index >= 15 is 0 Å². The van der Waals surface area contributed by atoms with Gasteiger partial charge < -0.3 is 35.4 Å². The third kappa shape index (κ3) is 6.47. The van der Waals surface area contributed by atoms with Crippen molar-refractivity contribution in [2.75, 3.05) is 19.6 Å². The van der Waals surface area contributed by atoms with Gasteiger partial charge in [-0.05, 0) is 43.0 Å². The molecule has 1 aliphatic rings. The molecule has 5 aromatic rings. The van der Waals surface area contributed by atoms with Crippen molar-refractivity contribution >= 4 is 32.9 Å². The maximum absolute atomic E-state index is 11.7. The standard InChI is InChI=1S/C32H36N4O5S2/c37-26-12-11-25(29-28(26)36-31(39)43-29)27(38)19-34-16-14-23-9-10-24(42-23)18-33-15-13-22-17-35-30(41-22)32(40,21-7-4-8-21)20-5-2-1-3-6-20/h1-3,5-6,9-12,17,21,27,33-34,37-38,40H,4,7-8,13-16,18-19H2,(H,36,39)/t27?,32-/m0/s1. The van der Waals surface area contributed by atoms with Crippen LogP contribution in [0.15, 0.2) is 70.0 Å². The van der Waals surface area contributed by atoms with Gasteiger partial charge in [0.25, 0.3) is 0 Å². The van der Waals surface area contributed by atoms with E-state index in [1.54, 1.807) is 23.6 Å². The summed E-state index contributed by atoms with van der Waals surface area (Å²) in [5, 5.41) is 39.1. The van der Waals surface area contributed by atoms with E-state index in [1.807, 2.05) is 30.3 Å². The Morgan fingerprint density at radius 3 is 2.60 bits per heavy atom. The maximum Gasteiger partial charge on any atom is 0.305 e. The second-order valence-corrected chi connectivity index (χ2v) is 13.3. The summed E-state index contributed by atoms with van der Waals surface area (Å²) < 4.78 is 6.68. The van der Waals surface area contributed by atoms with Crippen molar-refractivity contribution in [3.8, 4) is 5.75 Å². The summed E-state index contributed by atoms with van der Waals surface area (Å²) >= 11 is 2.75. The molecule has 6 rings (SSSR count). The van der Waals surface area contributed by atoms with E-state index in [1.165, 1.54) is 15.8 Å². The van der Waals surface area contributed by atoms with Crippen LogP contribution in [0, 0.1) is 5.92 Å². The number of aliphatic hydroxyl groups is 2. The number of aromatic amines is 1. The van der Waals surface area contributed by atoms with Gasteiger partial charge in [0.1, 0.15) is 17.0 Å². The molecule has 11 heteroatoms. The highest BCUT2D eigenvalue weighted by Gasteiger charge is 2.46. The molecule has 0 saturated heterocycles. The largest absolute Gasteiger partial charge is 0.506 e. The predicted octanol–water partition coefficient (Wildman–Crippen LogP) is 4.58. The van der Waals surface area contributed by atoms with Crippen LogP contribution in [0.4, 0.5) is 0 Å². The number of hydrogen-bond donors (Lipinski definition) is 6. The normalized spacial score (nSPS) is 15.9. The van der Waals surface area contributed by atoms with Crippen molar-refractivity contribution in [2.45, 2.75) is 50.4 Å². The van der Waals surface area contributed by atoms with Crippen molar-refractivity contribution in [3.63, 3.8) is 0 Å². The molecule has 3 heterocycles. The summed E-state index contributed by atoms with van der Waals surface area (Å²) in [6.45, 7) is 2.54. The van der Waals surface area contributed by atoms with Crippen LogP contribution in [-0.2, 0) is 25.0 Å². The average Bonchev–Trinajstić information content (AvgIpc) is 3.73. The van der Waals surface area contributed by atoms with Crippen molar-refractivity contribution < 1.29 is 19.7 Å². The van der Waals surface area contributed by atoms with Crippen LogP contribution in [0.5, 0.6) is 5.75 Å². The number of phenolic OH excluding ortho intramolecular Hbond substituents is 1. The number of thiazole rings is 1. The molecule has 0 aliphatic heterocycles. The molecule has 6 N–H and O–H groups in total. The van der Waals surface area contributed by atoms with Gasteiger partial charge >= 0.3 is 4.87 Å². The van der Waals surface area contributed by atoms with E-state index in [0.29, 0.717) is 41.2 Å². The van der Waals surface area contributed by atoms with Crippen LogP contribution in [0.3, 0.4) is 0 Å². The first-order valence-corrected chi connectivity index (χ1v) is 16.3. The van der Waals surface area contributed by atoms with Gasteiger partial charge in [-0.1, -0.05) is 54.2 Å². The van der Waals surface area contributed by atoms with Crippen LogP contribution in [0.1, 0.15) is 57.9 Å². The van der Waals surface area contributed by atoms with Crippen LogP contribution >= 0.6 is 22.7 Å². The zero-order valence-corrected chi connectivity index (χ0v) is 25.3. The molecule has 0 bridgehead atoms. The van der Waals surface area contributed by atoms with Gasteiger partial charge in [-0.2, -0.15) is 0 Å². The van der Waals surface area contributed by atoms with Gasteiger partial charge in [-0.25, -0.2) is 4.98 Å². The third-order valence-corrected chi connectivity index (χ3v) is 10.3. The van der Waals surface area contributed by atoms with Crippen molar-refractivity contribution in [1.29, 1.82) is 0 Å². The number of hydrogen-bond acceptors (Lipinski definition) is 10. The fourth-order valence-electron chi connectivity index (χ4n) is 5.59. The Bertz CT molecular complexity index is 1710. The van der Waals surface area contributed by atoms with E-state index in [2.05, 4.69) is 32.7 Å². The molecule has 1 aliphatic carbocycles. The molecule has 43 heavy (non-hydrogen) atoms. The molecule has 1 unspecified atom stereocenters. The SMILES string of the molecule is O=c1[nH]c2c(O)ccc(C(O)CNCCc3ccc(CNCCc4cnc([C@](O)(c5ccccc5)C5CCC5)o4)s3)c2s1. The molecule has 2 aromatic carbocycles. The average molecular weight is 621 g/mol. The highest BCUT2D eigenvalue weighted by atomic mass is 32.1. The molecular weight excluding hydrogens is 585 g/mol. The number of nitrogens with one attached hydrogen (secondary N) is 3. The molecule has 1 saturated carbocycles. The predicted molar refractivity (Wildman–Crippen MR) is 169 cm³/mol. The number of aliphatic hydroxyl groups excluding tert-OH is 1. The number of aromatic hydroxyl groups is 1. The maximum atomic E-state index is 11.7. The number of nitrogens with zero attached hydrogens (tertiary/aromatic N) is 1. The first-order valence-electron chi connectivity index (χ1n) is 14.7. The molecule has 3 aromatic heterocycles. The van der Waals surface area contributed by atoms with Crippen molar-refractivity contribution in [2.24, 2.45) is 5.92 Å². The lowest BCUT2D eigenvalue weighted by molar-refractivity contribution is -0.0413. The Morgan fingerprint density at radius 1 is 1.02 bits per heavy atom. The van der Waals surface area contributed by atoms with Crippen LogP contribution in [0.25, 0.3) is 10.2 Å². The fraction of sp³-hybridized carbons (Fsp3) is 0.375. The number of thiophene rings is 1. The van der Waals surface area contributed by atoms with E-state index in [-0.39, 0.29) is 16.5 Å². The lowest BCUT2D eigenvalue weighted by Gasteiger charge is -2.39. The zero-order chi connectivity index (χ0) is 29.8. The van der Waals surface area contributed by atoms with Crippen LogP contribution in [0.2, 0.25) is 0 Å². The van der Waals surface area contributed by atoms with Gasteiger partial charge in [0.05, 0.1) is 17.0 Å². The Hall–Kier alpha value is -3.32. The second kappa shape index (κ2) is 13.1. The number of oxazole rings is 1. The molecule has 0 amide bonds. The lowest BCUT2D eigenvalue weighted by atomic mass is 9.69. The topological polar surface area (TPSA) is 144 Å². The Kier molecular flexibility index (Phi) is 9.08. The van der Waals surface area contributed by atoms with Gasteiger partial charge in [-0.3, -0.25) is 4.79 Å². The number of phenols is 1. The number of rotatable bonds is 14. The highest BCUT2D eigenvalue weighted by molar-refractivity contribution is 7.16. The number of fused-ring (bicyclic) bond motifs is 1. The summed E-state index contributed by atoms with van der Waals surface area (Å²) in [5.74, 6) is 1.27. The minimum Gasteiger partial charge on any atom is -0.506 e. The summed E-state index contributed by atoms with van der Waals surface area (Å²) in [6, 6.07) is 17.1. The number of benzene rings is 2. The molecule has 9 nitrogen and oxygen atoms in total. The fourth-order valence-corrected chi connectivity index (χ4v) is 7.49. The molecule has 226 valence electrons. The zero-order valence-electron chi connectivity index (χ0n) is 23.7. The Balaban J connectivity index is 0.939. The van der Waals surface area contributed by atoms with Gasteiger partial charge in [0.2, 0.25) is 5.89 Å². The minimum atomic E-state index is -1.19. The number of H-pyrrole nitrogens is 1. The first kappa shape index (κ1) is 29.7. The molecule has 0 spiro atoms. The highest BCUT2D eigenvalue weighted by Crippen LogP contribution is 2.46. The third-order valence-electron chi connectivity index (χ3n) is 8.19. The molecule has 1 fully saturated rings. The second-order valence-electron chi connectivity index (χ2n) is 11.0. The molecular formula is C32H36N4O5S2. The summed E-state index contributed by atoms with van der Waals surface area (Å²) in [6.07, 6.45) is 5.52. The monoisotopic (exact) mass is 620 g/mol. The van der Waals surface area contributed by atoms with E-state index in [9.17, 15) is 20.1 Å². The molecule has 0 radical (unpaired) electrons. The first-order chi connectivity index (χ1) is 20.9. The van der Waals surface area contributed by atoms with Gasteiger partial charge in [0, 0.05) is 53.8 Å². The quantitative estimate of drug-likeness (QED) is 0.0991. The number of aromatic nitrogens is 2. The smallest absolute Gasteiger partial charge is 0.305 e. The van der Waals surface area contributed by atoms with Crippen LogP contribution in [-0.4, -0.2) is 44.9 Å². The van der Waals surface area contributed by atoms with Crippen molar-refractivity contribution in [1.82, 2.24) is 20.6 Å². The van der Waals surface area contributed by atoms with Crippen LogP contribution < -0.4 is 15.5 Å². The lowest BCUT2D eigenvalue weighted by Crippen LogP contribution is -2.40. The Morgan fingerprint density at radius 2 is 1.81 bits per heavy atom. The minimum absolute atomic E-state index is 0.00293. The van der Waals surface area contributed by atoms with E-state index < -0.39 is 11.7 Å². The van der Waals surface area contributed by atoms with E-state index in [0.717, 1.165) is 61.4 Å². The van der Waals surface area contributed by atoms with Gasteiger partial charge in [0.15, 0.2) is 5.60 Å². The summed E-state index contributed by atoms with van der Waals surface area (Å²) in [5.41, 5.74) is 0.644. The summed E-state index contributed by atoms with van der Waals surface area (Å²) in [4.78, 5) is 21.1.